The number of pyridine rings is 1. The number of nitrogens with zero attached hydrogens (tertiary/aromatic N) is 1. The van der Waals surface area contributed by atoms with Crippen molar-refractivity contribution in [3.63, 3.8) is 0 Å². The van der Waals surface area contributed by atoms with Gasteiger partial charge < -0.3 is 31.5 Å². The Kier molecular flexibility index (Phi) is 15.5. The summed E-state index contributed by atoms with van der Waals surface area (Å²) in [5, 5.41) is 32.1. The molecule has 7 atom stereocenters. The minimum absolute atomic E-state index is 0.0560. The number of amides is 4. The Hall–Kier alpha value is -3.05. The first-order valence-corrected chi connectivity index (χ1v) is 14.6. The highest BCUT2D eigenvalue weighted by Gasteiger charge is 2.31. The predicted molar refractivity (Wildman–Crippen MR) is 157 cm³/mol. The summed E-state index contributed by atoms with van der Waals surface area (Å²) in [6, 6.07) is 1.24. The van der Waals surface area contributed by atoms with Gasteiger partial charge in [0.05, 0.1) is 12.1 Å². The van der Waals surface area contributed by atoms with Crippen molar-refractivity contribution in [3.05, 3.63) is 30.1 Å². The molecule has 0 saturated carbocycles. The molecule has 41 heavy (non-hydrogen) atoms. The molecule has 11 heteroatoms. The van der Waals surface area contributed by atoms with Crippen LogP contribution in [0.4, 0.5) is 0 Å². The number of carbonyl (C=O) groups excluding carboxylic acids is 4. The summed E-state index contributed by atoms with van der Waals surface area (Å²) in [7, 11) is 0. The summed E-state index contributed by atoms with van der Waals surface area (Å²) in [4.78, 5) is 55.0. The summed E-state index contributed by atoms with van der Waals surface area (Å²) in [5.74, 6) is -2.75. The first-order valence-electron chi connectivity index (χ1n) is 14.6. The molecule has 0 aliphatic carbocycles. The molecule has 1 heterocycles. The molecule has 4 amide bonds. The predicted octanol–water partition coefficient (Wildman–Crippen LogP) is 1.67. The zero-order chi connectivity index (χ0) is 31.3. The second-order valence-electron chi connectivity index (χ2n) is 11.8. The highest BCUT2D eigenvalue weighted by molar-refractivity contribution is 5.89. The Morgan fingerprint density at radius 2 is 1.41 bits per heavy atom. The van der Waals surface area contributed by atoms with Crippen LogP contribution in [0.15, 0.2) is 24.5 Å². The average molecular weight is 578 g/mol. The van der Waals surface area contributed by atoms with Crippen molar-refractivity contribution in [2.75, 3.05) is 0 Å². The van der Waals surface area contributed by atoms with E-state index in [4.69, 9.17) is 0 Å². The van der Waals surface area contributed by atoms with Crippen LogP contribution in [0.5, 0.6) is 0 Å². The molecule has 1 rings (SSSR count). The van der Waals surface area contributed by atoms with Gasteiger partial charge >= 0.3 is 0 Å². The van der Waals surface area contributed by atoms with Crippen LogP contribution < -0.4 is 21.3 Å². The molecule has 6 N–H and O–H groups in total. The van der Waals surface area contributed by atoms with Crippen LogP contribution in [0.1, 0.15) is 80.2 Å². The van der Waals surface area contributed by atoms with Crippen molar-refractivity contribution in [3.8, 4) is 0 Å². The van der Waals surface area contributed by atoms with Crippen LogP contribution >= 0.6 is 0 Å². The van der Waals surface area contributed by atoms with Gasteiger partial charge in [-0.2, -0.15) is 0 Å². The number of rotatable bonds is 17. The average Bonchev–Trinajstić information content (AvgIpc) is 2.92. The number of aliphatic hydroxyl groups excluding tert-OH is 2. The van der Waals surface area contributed by atoms with Gasteiger partial charge in [0.1, 0.15) is 18.2 Å². The minimum atomic E-state index is -1.22. The zero-order valence-electron chi connectivity index (χ0n) is 25.8. The van der Waals surface area contributed by atoms with Gasteiger partial charge in [-0.05, 0) is 55.2 Å². The van der Waals surface area contributed by atoms with Gasteiger partial charge in [0.15, 0.2) is 0 Å². The fourth-order valence-electron chi connectivity index (χ4n) is 4.24. The molecule has 0 unspecified atom stereocenters. The minimum Gasteiger partial charge on any atom is -0.391 e. The molecule has 0 fully saturated rings. The lowest BCUT2D eigenvalue weighted by molar-refractivity contribution is -0.136. The van der Waals surface area contributed by atoms with E-state index in [1.807, 2.05) is 34.6 Å². The number of hydrogen-bond acceptors (Lipinski definition) is 7. The fraction of sp³-hybridized carbons (Fsp3) is 0.700. The third-order valence-corrected chi connectivity index (χ3v) is 7.23. The van der Waals surface area contributed by atoms with Crippen LogP contribution in [-0.2, 0) is 25.7 Å². The SMILES string of the molecule is CC[C@H](C)[C@H](O)C(=O)N[C@@H](C)C(=O)N[C@@H](CC(C)C)[C@@H](O)C[C@@H](C)C(=O)N[C@H](C(=O)NCc1ccncc1)C(C)C. The maximum Gasteiger partial charge on any atom is 0.249 e. The molecule has 0 aliphatic rings. The fourth-order valence-corrected chi connectivity index (χ4v) is 4.24. The van der Waals surface area contributed by atoms with Crippen molar-refractivity contribution in [2.45, 2.75) is 112 Å². The van der Waals surface area contributed by atoms with Gasteiger partial charge in [-0.25, -0.2) is 0 Å². The molecular weight excluding hydrogens is 526 g/mol. The summed E-state index contributed by atoms with van der Waals surface area (Å²) in [5.41, 5.74) is 0.887. The van der Waals surface area contributed by atoms with Gasteiger partial charge in [-0.1, -0.05) is 54.9 Å². The Bertz CT molecular complexity index is 973. The molecule has 0 aliphatic heterocycles. The van der Waals surface area contributed by atoms with Crippen LogP contribution in [0.3, 0.4) is 0 Å². The van der Waals surface area contributed by atoms with E-state index >= 15 is 0 Å². The lowest BCUT2D eigenvalue weighted by atomic mass is 9.91. The van der Waals surface area contributed by atoms with E-state index in [1.54, 1.807) is 38.4 Å². The largest absolute Gasteiger partial charge is 0.391 e. The second-order valence-corrected chi connectivity index (χ2v) is 11.8. The molecule has 1 aromatic rings. The van der Waals surface area contributed by atoms with E-state index in [2.05, 4.69) is 26.3 Å². The second kappa shape index (κ2) is 17.7. The number of nitrogens with one attached hydrogen (secondary N) is 4. The van der Waals surface area contributed by atoms with Gasteiger partial charge in [0, 0.05) is 24.9 Å². The third kappa shape index (κ3) is 12.6. The van der Waals surface area contributed by atoms with E-state index in [9.17, 15) is 29.4 Å². The van der Waals surface area contributed by atoms with E-state index < -0.39 is 48.1 Å². The van der Waals surface area contributed by atoms with Crippen LogP contribution in [0.25, 0.3) is 0 Å². The number of aliphatic hydroxyl groups is 2. The van der Waals surface area contributed by atoms with Crippen LogP contribution in [0, 0.1) is 23.7 Å². The molecule has 0 spiro atoms. The Morgan fingerprint density at radius 1 is 0.805 bits per heavy atom. The van der Waals surface area contributed by atoms with Gasteiger partial charge in [-0.3, -0.25) is 24.2 Å². The number of carbonyl (C=O) groups is 4. The topological polar surface area (TPSA) is 170 Å². The van der Waals surface area contributed by atoms with Crippen LogP contribution in [-0.4, -0.2) is 69.2 Å². The molecule has 0 aromatic carbocycles. The Morgan fingerprint density at radius 3 is 1.95 bits per heavy atom. The van der Waals surface area contributed by atoms with Crippen molar-refractivity contribution in [1.82, 2.24) is 26.3 Å². The summed E-state index contributed by atoms with van der Waals surface area (Å²) in [6.45, 7) is 14.7. The summed E-state index contributed by atoms with van der Waals surface area (Å²) < 4.78 is 0. The summed E-state index contributed by atoms with van der Waals surface area (Å²) >= 11 is 0. The maximum atomic E-state index is 13.0. The molecular formula is C30H51N5O6. The molecule has 1 aromatic heterocycles. The number of hydrogen-bond donors (Lipinski definition) is 6. The van der Waals surface area contributed by atoms with Crippen molar-refractivity contribution in [1.29, 1.82) is 0 Å². The first kappa shape index (κ1) is 36.0. The standard InChI is InChI=1S/C30H51N5O6/c1-9-19(6)26(37)30(41)33-21(8)28(39)34-23(14-17(2)3)24(36)15-20(7)27(38)35-25(18(4)5)29(40)32-16-22-10-12-31-13-11-22/h10-13,17-21,23-26,36-37H,9,14-16H2,1-8H3,(H,32,40)(H,33,41)(H,34,39)(H,35,38)/t19-,20+,21-,23-,24-,25-,26-/m0/s1. The monoisotopic (exact) mass is 577 g/mol. The Labute approximate surface area is 244 Å². The quantitative estimate of drug-likeness (QED) is 0.164. The lowest BCUT2D eigenvalue weighted by Crippen LogP contribution is -2.54. The van der Waals surface area contributed by atoms with Gasteiger partial charge in [0.2, 0.25) is 23.6 Å². The number of aromatic nitrogens is 1. The summed E-state index contributed by atoms with van der Waals surface area (Å²) in [6.07, 6.45) is 2.12. The zero-order valence-corrected chi connectivity index (χ0v) is 25.8. The Balaban J connectivity index is 2.78. The smallest absolute Gasteiger partial charge is 0.249 e. The molecule has 0 bridgehead atoms. The first-order chi connectivity index (χ1) is 19.2. The van der Waals surface area contributed by atoms with Crippen molar-refractivity contribution >= 4 is 23.6 Å². The van der Waals surface area contributed by atoms with Crippen molar-refractivity contribution in [2.24, 2.45) is 23.7 Å². The van der Waals surface area contributed by atoms with E-state index in [-0.39, 0.29) is 36.0 Å². The molecule has 232 valence electrons. The molecule has 0 radical (unpaired) electrons. The van der Waals surface area contributed by atoms with Gasteiger partial charge in [-0.15, -0.1) is 0 Å². The highest BCUT2D eigenvalue weighted by Crippen LogP contribution is 2.17. The lowest BCUT2D eigenvalue weighted by Gasteiger charge is -2.29. The van der Waals surface area contributed by atoms with E-state index in [1.165, 1.54) is 6.92 Å². The third-order valence-electron chi connectivity index (χ3n) is 7.23. The van der Waals surface area contributed by atoms with E-state index in [0.717, 1.165) is 5.56 Å². The van der Waals surface area contributed by atoms with Gasteiger partial charge in [0.25, 0.3) is 0 Å². The molecule has 0 saturated heterocycles. The van der Waals surface area contributed by atoms with Crippen LogP contribution in [0.2, 0.25) is 0 Å². The normalized spacial score (nSPS) is 16.6. The highest BCUT2D eigenvalue weighted by atomic mass is 16.3. The van der Waals surface area contributed by atoms with E-state index in [0.29, 0.717) is 19.4 Å². The molecule has 11 nitrogen and oxygen atoms in total. The van der Waals surface area contributed by atoms with Crippen molar-refractivity contribution < 1.29 is 29.4 Å². The maximum absolute atomic E-state index is 13.0.